The van der Waals surface area contributed by atoms with Crippen molar-refractivity contribution in [3.8, 4) is 0 Å². The summed E-state index contributed by atoms with van der Waals surface area (Å²) in [6.07, 6.45) is 2.39. The average molecular weight is 404 g/mol. The minimum Gasteiger partial charge on any atom is -0.444 e. The number of likely N-dealkylation sites (tertiary alicyclic amines) is 1. The van der Waals surface area contributed by atoms with Gasteiger partial charge in [0.05, 0.1) is 0 Å². The summed E-state index contributed by atoms with van der Waals surface area (Å²) in [5.74, 6) is 1.58. The van der Waals surface area contributed by atoms with E-state index >= 15 is 0 Å². The summed E-state index contributed by atoms with van der Waals surface area (Å²) in [6.45, 7) is 7.76. The summed E-state index contributed by atoms with van der Waals surface area (Å²) in [6, 6.07) is 9.22. The second-order valence-electron chi connectivity index (χ2n) is 7.86. The number of nitrogens with one attached hydrogen (secondary N) is 2. The first-order valence-corrected chi connectivity index (χ1v) is 9.74. The molecule has 1 saturated heterocycles. The van der Waals surface area contributed by atoms with Crippen LogP contribution in [0.2, 0.25) is 5.02 Å². The van der Waals surface area contributed by atoms with Crippen molar-refractivity contribution >= 4 is 35.1 Å². The number of ether oxygens (including phenoxy) is 1. The number of carbonyl (C=O) groups is 1. The van der Waals surface area contributed by atoms with Gasteiger partial charge in [0.25, 0.3) is 0 Å². The van der Waals surface area contributed by atoms with Gasteiger partial charge in [-0.05, 0) is 57.4 Å². The van der Waals surface area contributed by atoms with Gasteiger partial charge in [-0.25, -0.2) is 9.78 Å². The van der Waals surface area contributed by atoms with Crippen LogP contribution in [0, 0.1) is 5.92 Å². The van der Waals surface area contributed by atoms with Crippen molar-refractivity contribution in [3.63, 3.8) is 0 Å². The van der Waals surface area contributed by atoms with E-state index in [0.29, 0.717) is 30.0 Å². The van der Waals surface area contributed by atoms with Gasteiger partial charge in [-0.3, -0.25) is 0 Å². The lowest BCUT2D eigenvalue weighted by molar-refractivity contribution is 0.0289. The molecule has 2 N–H and O–H groups in total. The van der Waals surface area contributed by atoms with Crippen LogP contribution in [0.25, 0.3) is 0 Å². The van der Waals surface area contributed by atoms with Gasteiger partial charge in [0.15, 0.2) is 0 Å². The Kier molecular flexibility index (Phi) is 6.24. The normalized spacial score (nSPS) is 16.7. The van der Waals surface area contributed by atoms with E-state index in [2.05, 4.69) is 20.6 Å². The minimum absolute atomic E-state index is 0.245. The van der Waals surface area contributed by atoms with Gasteiger partial charge in [0, 0.05) is 36.5 Å². The highest BCUT2D eigenvalue weighted by atomic mass is 35.5. The van der Waals surface area contributed by atoms with E-state index < -0.39 is 5.60 Å². The quantitative estimate of drug-likeness (QED) is 0.762. The highest BCUT2D eigenvalue weighted by molar-refractivity contribution is 6.30. The van der Waals surface area contributed by atoms with Crippen LogP contribution < -0.4 is 10.6 Å². The van der Waals surface area contributed by atoms with E-state index in [1.165, 1.54) is 0 Å². The first-order valence-electron chi connectivity index (χ1n) is 9.36. The number of halogens is 1. The van der Waals surface area contributed by atoms with Crippen molar-refractivity contribution in [3.05, 3.63) is 41.6 Å². The molecule has 3 rings (SSSR count). The lowest BCUT2D eigenvalue weighted by Crippen LogP contribution is -2.35. The molecule has 2 heterocycles. The van der Waals surface area contributed by atoms with Crippen LogP contribution in [0.5, 0.6) is 0 Å². The third kappa shape index (κ3) is 5.99. The van der Waals surface area contributed by atoms with E-state index in [1.54, 1.807) is 11.1 Å². The van der Waals surface area contributed by atoms with Crippen molar-refractivity contribution in [2.45, 2.75) is 32.8 Å². The minimum atomic E-state index is -0.471. The first kappa shape index (κ1) is 20.2. The lowest BCUT2D eigenvalue weighted by Gasteiger charge is -2.24. The third-order valence-corrected chi connectivity index (χ3v) is 4.48. The molecular formula is C20H26ClN5O2. The molecule has 0 saturated carbocycles. The Morgan fingerprint density at radius 3 is 2.93 bits per heavy atom. The second kappa shape index (κ2) is 8.65. The van der Waals surface area contributed by atoms with Crippen LogP contribution in [0.4, 0.5) is 22.2 Å². The maximum absolute atomic E-state index is 12.2. The molecule has 1 aromatic carbocycles. The van der Waals surface area contributed by atoms with E-state index in [1.807, 2.05) is 51.1 Å². The molecule has 1 atom stereocenters. The van der Waals surface area contributed by atoms with Gasteiger partial charge in [0.2, 0.25) is 5.95 Å². The van der Waals surface area contributed by atoms with Gasteiger partial charge in [-0.15, -0.1) is 0 Å². The highest BCUT2D eigenvalue weighted by Gasteiger charge is 2.29. The third-order valence-electron chi connectivity index (χ3n) is 4.25. The molecule has 0 spiro atoms. The number of hydrogen-bond acceptors (Lipinski definition) is 6. The summed E-state index contributed by atoms with van der Waals surface area (Å²) in [4.78, 5) is 22.7. The van der Waals surface area contributed by atoms with Crippen molar-refractivity contribution in [1.82, 2.24) is 14.9 Å². The topological polar surface area (TPSA) is 79.4 Å². The van der Waals surface area contributed by atoms with E-state index in [4.69, 9.17) is 16.3 Å². The molecule has 1 aliphatic heterocycles. The summed E-state index contributed by atoms with van der Waals surface area (Å²) in [7, 11) is 0. The fraction of sp³-hybridized carbons (Fsp3) is 0.450. The Morgan fingerprint density at radius 2 is 2.18 bits per heavy atom. The van der Waals surface area contributed by atoms with Gasteiger partial charge in [-0.2, -0.15) is 4.98 Å². The molecule has 1 amide bonds. The highest BCUT2D eigenvalue weighted by Crippen LogP contribution is 2.21. The zero-order chi connectivity index (χ0) is 20.1. The Bertz CT molecular complexity index is 824. The van der Waals surface area contributed by atoms with Gasteiger partial charge >= 0.3 is 6.09 Å². The van der Waals surface area contributed by atoms with Crippen molar-refractivity contribution in [2.24, 2.45) is 5.92 Å². The monoisotopic (exact) mass is 403 g/mol. The predicted octanol–water partition coefficient (Wildman–Crippen LogP) is 4.54. The standard InChI is InChI=1S/C20H26ClN5O2/c1-20(2,3)28-19(27)26-10-8-14(13-26)12-23-17-7-9-22-18(25-17)24-16-6-4-5-15(21)11-16/h4-7,9,11,14H,8,10,12-13H2,1-3H3,(H2,22,23,24,25)/t14-/m0/s1. The predicted molar refractivity (Wildman–Crippen MR) is 111 cm³/mol. The second-order valence-corrected chi connectivity index (χ2v) is 8.30. The SMILES string of the molecule is CC(C)(C)OC(=O)N1CC[C@@H](CNc2ccnc(Nc3cccc(Cl)c3)n2)C1. The van der Waals surface area contributed by atoms with Crippen LogP contribution >= 0.6 is 11.6 Å². The summed E-state index contributed by atoms with van der Waals surface area (Å²) < 4.78 is 5.44. The summed E-state index contributed by atoms with van der Waals surface area (Å²) in [5, 5.41) is 7.12. The van der Waals surface area contributed by atoms with Crippen molar-refractivity contribution in [1.29, 1.82) is 0 Å². The molecule has 7 nitrogen and oxygen atoms in total. The van der Waals surface area contributed by atoms with E-state index in [-0.39, 0.29) is 6.09 Å². The van der Waals surface area contributed by atoms with Gasteiger partial charge in [0.1, 0.15) is 11.4 Å². The zero-order valence-corrected chi connectivity index (χ0v) is 17.2. The molecule has 8 heteroatoms. The molecule has 0 unspecified atom stereocenters. The largest absolute Gasteiger partial charge is 0.444 e. The Morgan fingerprint density at radius 1 is 1.36 bits per heavy atom. The van der Waals surface area contributed by atoms with Gasteiger partial charge < -0.3 is 20.3 Å². The molecule has 0 bridgehead atoms. The maximum Gasteiger partial charge on any atom is 0.410 e. The van der Waals surface area contributed by atoms with E-state index in [0.717, 1.165) is 24.5 Å². The summed E-state index contributed by atoms with van der Waals surface area (Å²) >= 11 is 6.00. The Balaban J connectivity index is 1.51. The molecule has 1 aromatic heterocycles. The number of nitrogens with zero attached hydrogens (tertiary/aromatic N) is 3. The maximum atomic E-state index is 12.2. The Hall–Kier alpha value is -2.54. The number of carbonyl (C=O) groups excluding carboxylic acids is 1. The number of aromatic nitrogens is 2. The smallest absolute Gasteiger partial charge is 0.410 e. The molecule has 1 fully saturated rings. The van der Waals surface area contributed by atoms with Crippen LogP contribution in [0.1, 0.15) is 27.2 Å². The molecule has 0 aliphatic carbocycles. The number of hydrogen-bond donors (Lipinski definition) is 2. The van der Waals surface area contributed by atoms with Crippen LogP contribution in [-0.4, -0.2) is 46.2 Å². The molecule has 0 radical (unpaired) electrons. The first-order chi connectivity index (χ1) is 13.3. The molecular weight excluding hydrogens is 378 g/mol. The number of anilines is 3. The fourth-order valence-corrected chi connectivity index (χ4v) is 3.14. The van der Waals surface area contributed by atoms with E-state index in [9.17, 15) is 4.79 Å². The van der Waals surface area contributed by atoms with Crippen LogP contribution in [0.3, 0.4) is 0 Å². The molecule has 2 aromatic rings. The van der Waals surface area contributed by atoms with Crippen LogP contribution in [-0.2, 0) is 4.74 Å². The Labute approximate surface area is 170 Å². The van der Waals surface area contributed by atoms with Gasteiger partial charge in [-0.1, -0.05) is 17.7 Å². The number of amides is 1. The average Bonchev–Trinajstić information content (AvgIpc) is 3.08. The number of rotatable bonds is 5. The van der Waals surface area contributed by atoms with Crippen LogP contribution in [0.15, 0.2) is 36.5 Å². The number of benzene rings is 1. The molecule has 1 aliphatic rings. The fourth-order valence-electron chi connectivity index (χ4n) is 2.95. The molecule has 28 heavy (non-hydrogen) atoms. The lowest BCUT2D eigenvalue weighted by atomic mass is 10.1. The van der Waals surface area contributed by atoms with Crippen molar-refractivity contribution < 1.29 is 9.53 Å². The van der Waals surface area contributed by atoms with Crippen molar-refractivity contribution in [2.75, 3.05) is 30.3 Å². The summed E-state index contributed by atoms with van der Waals surface area (Å²) in [5.41, 5.74) is 0.356. The molecule has 150 valence electrons. The zero-order valence-electron chi connectivity index (χ0n) is 16.4.